The van der Waals surface area contributed by atoms with Crippen LogP contribution in [0.3, 0.4) is 0 Å². The lowest BCUT2D eigenvalue weighted by Crippen LogP contribution is -2.50. The van der Waals surface area contributed by atoms with E-state index < -0.39 is 17.2 Å². The first-order chi connectivity index (χ1) is 18.5. The van der Waals surface area contributed by atoms with Crippen molar-refractivity contribution in [1.82, 2.24) is 9.80 Å². The molecule has 3 aliphatic rings. The molecule has 2 saturated heterocycles. The molecule has 1 spiro atoms. The first-order valence-electron chi connectivity index (χ1n) is 13.7. The molecule has 4 unspecified atom stereocenters. The van der Waals surface area contributed by atoms with E-state index in [1.807, 2.05) is 19.2 Å². The summed E-state index contributed by atoms with van der Waals surface area (Å²) in [6.45, 7) is 11.5. The number of halogens is 3. The van der Waals surface area contributed by atoms with Gasteiger partial charge >= 0.3 is 0 Å². The molecule has 2 fully saturated rings. The van der Waals surface area contributed by atoms with Crippen LogP contribution in [0.15, 0.2) is 36.4 Å². The number of nitrogens with one attached hydrogen (secondary N) is 1. The Bertz CT molecular complexity index is 1220. The van der Waals surface area contributed by atoms with Gasteiger partial charge < -0.3 is 14.8 Å². The van der Waals surface area contributed by atoms with E-state index in [1.54, 1.807) is 24.3 Å². The molecule has 5 rings (SSSR count). The highest BCUT2D eigenvalue weighted by atomic mass is 35.5. The van der Waals surface area contributed by atoms with Gasteiger partial charge in [-0.2, -0.15) is 0 Å². The molecule has 212 valence electrons. The van der Waals surface area contributed by atoms with Gasteiger partial charge in [0.15, 0.2) is 0 Å². The third-order valence-corrected chi connectivity index (χ3v) is 9.06. The van der Waals surface area contributed by atoms with Gasteiger partial charge in [-0.25, -0.2) is 4.39 Å². The summed E-state index contributed by atoms with van der Waals surface area (Å²) in [5, 5.41) is 3.69. The zero-order valence-electron chi connectivity index (χ0n) is 23.1. The number of hydrogen-bond acceptors (Lipinski definition) is 5. The van der Waals surface area contributed by atoms with Gasteiger partial charge in [-0.3, -0.25) is 14.6 Å². The fourth-order valence-corrected chi connectivity index (χ4v) is 7.15. The Kier molecular flexibility index (Phi) is 8.31. The molecule has 3 aliphatic heterocycles. The third-order valence-electron chi connectivity index (χ3n) is 8.53. The van der Waals surface area contributed by atoms with Crippen molar-refractivity contribution in [2.24, 2.45) is 5.41 Å². The maximum Gasteiger partial charge on any atom is 0.237 e. The van der Waals surface area contributed by atoms with Gasteiger partial charge in [-0.15, -0.1) is 0 Å². The summed E-state index contributed by atoms with van der Waals surface area (Å²) in [6.07, 6.45) is 0.724. The second kappa shape index (κ2) is 11.3. The van der Waals surface area contributed by atoms with Gasteiger partial charge in [0.1, 0.15) is 11.2 Å². The smallest absolute Gasteiger partial charge is 0.237 e. The Morgan fingerprint density at radius 3 is 2.64 bits per heavy atom. The summed E-state index contributed by atoms with van der Waals surface area (Å²) in [5.41, 5.74) is 0.821. The topological polar surface area (TPSA) is 54.0 Å². The van der Waals surface area contributed by atoms with E-state index in [0.717, 1.165) is 44.8 Å². The number of hydrogen-bond donors (Lipinski definition) is 1. The second-order valence-corrected chi connectivity index (χ2v) is 13.0. The number of carbonyl (C=O) groups is 1. The average molecular weight is 579 g/mol. The predicted molar refractivity (Wildman–Crippen MR) is 153 cm³/mol. The van der Waals surface area contributed by atoms with E-state index in [-0.39, 0.29) is 28.4 Å². The van der Waals surface area contributed by atoms with Gasteiger partial charge in [-0.1, -0.05) is 62.2 Å². The van der Waals surface area contributed by atoms with E-state index >= 15 is 4.39 Å². The normalized spacial score (nSPS) is 27.8. The number of ether oxygens (including phenoxy) is 2. The monoisotopic (exact) mass is 577 g/mol. The molecule has 9 heteroatoms. The Morgan fingerprint density at radius 1 is 1.18 bits per heavy atom. The largest absolute Gasteiger partial charge is 0.379 e. The molecule has 0 bridgehead atoms. The van der Waals surface area contributed by atoms with Crippen molar-refractivity contribution in [3.05, 3.63) is 63.4 Å². The van der Waals surface area contributed by atoms with Crippen molar-refractivity contribution in [3.8, 4) is 0 Å². The van der Waals surface area contributed by atoms with E-state index in [2.05, 4.69) is 35.9 Å². The minimum Gasteiger partial charge on any atom is -0.379 e. The molecule has 0 radical (unpaired) electrons. The highest BCUT2D eigenvalue weighted by Gasteiger charge is 2.67. The van der Waals surface area contributed by atoms with Gasteiger partial charge in [0, 0.05) is 48.3 Å². The number of anilines is 1. The first-order valence-corrected chi connectivity index (χ1v) is 14.4. The summed E-state index contributed by atoms with van der Waals surface area (Å²) in [4.78, 5) is 18.8. The van der Waals surface area contributed by atoms with Gasteiger partial charge in [-0.05, 0) is 48.2 Å². The van der Waals surface area contributed by atoms with Crippen LogP contribution < -0.4 is 5.32 Å². The van der Waals surface area contributed by atoms with E-state index in [1.165, 1.54) is 0 Å². The molecule has 0 aliphatic carbocycles. The molecule has 1 amide bonds. The van der Waals surface area contributed by atoms with Gasteiger partial charge in [0.25, 0.3) is 0 Å². The summed E-state index contributed by atoms with van der Waals surface area (Å²) in [6, 6.07) is 10.1. The van der Waals surface area contributed by atoms with Crippen LogP contribution in [0.25, 0.3) is 0 Å². The van der Waals surface area contributed by atoms with Crippen molar-refractivity contribution in [1.29, 1.82) is 0 Å². The Morgan fingerprint density at radius 2 is 1.92 bits per heavy atom. The van der Waals surface area contributed by atoms with Crippen molar-refractivity contribution in [2.45, 2.75) is 50.6 Å². The zero-order valence-corrected chi connectivity index (χ0v) is 24.6. The zero-order chi connectivity index (χ0) is 27.9. The second-order valence-electron chi connectivity index (χ2n) is 12.2. The van der Waals surface area contributed by atoms with Gasteiger partial charge in [0.05, 0.1) is 31.5 Å². The number of benzene rings is 2. The van der Waals surface area contributed by atoms with Crippen LogP contribution >= 0.6 is 23.2 Å². The lowest BCUT2D eigenvalue weighted by atomic mass is 9.62. The standard InChI is InChI=1S/C30H38Cl2FN3O3/c1-29(2,3)17-25-30(21-9-8-19(31)16-23(21)34-28(30)37)26(20-6-5-7-22(32)27(20)33)24(35(25)4)18-39-15-12-36-10-13-38-14-11-36/h5-9,16,24-26H,10-15,17-18H2,1-4H3,(H,34,37). The highest BCUT2D eigenvalue weighted by molar-refractivity contribution is 6.31. The molecule has 4 atom stereocenters. The number of fused-ring (bicyclic) bond motifs is 2. The number of amides is 1. The maximum atomic E-state index is 15.9. The molecule has 6 nitrogen and oxygen atoms in total. The fraction of sp³-hybridized carbons (Fsp3) is 0.567. The molecular weight excluding hydrogens is 540 g/mol. The summed E-state index contributed by atoms with van der Waals surface area (Å²) < 4.78 is 27.6. The number of morpholine rings is 1. The Balaban J connectivity index is 1.59. The number of carbonyl (C=O) groups excluding carboxylic acids is 1. The molecule has 2 aromatic carbocycles. The van der Waals surface area contributed by atoms with Crippen LogP contribution in [-0.4, -0.2) is 80.9 Å². The number of likely N-dealkylation sites (tertiary alicyclic amines) is 1. The molecule has 0 aromatic heterocycles. The van der Waals surface area contributed by atoms with Gasteiger partial charge in [0.2, 0.25) is 5.91 Å². The van der Waals surface area contributed by atoms with Crippen molar-refractivity contribution >= 4 is 34.8 Å². The van der Waals surface area contributed by atoms with Crippen LogP contribution in [0, 0.1) is 11.2 Å². The maximum absolute atomic E-state index is 15.9. The lowest BCUT2D eigenvalue weighted by molar-refractivity contribution is -0.122. The highest BCUT2D eigenvalue weighted by Crippen LogP contribution is 2.59. The number of likely N-dealkylation sites (N-methyl/N-ethyl adjacent to an activating group) is 1. The Labute approximate surface area is 240 Å². The molecule has 2 aromatic rings. The van der Waals surface area contributed by atoms with Crippen LogP contribution in [0.1, 0.15) is 44.2 Å². The fourth-order valence-electron chi connectivity index (χ4n) is 6.80. The molecule has 3 heterocycles. The molecule has 0 saturated carbocycles. The van der Waals surface area contributed by atoms with E-state index in [4.69, 9.17) is 32.7 Å². The van der Waals surface area contributed by atoms with Crippen LogP contribution in [0.5, 0.6) is 0 Å². The van der Waals surface area contributed by atoms with E-state index in [9.17, 15) is 4.79 Å². The summed E-state index contributed by atoms with van der Waals surface area (Å²) in [7, 11) is 2.04. The minimum absolute atomic E-state index is 0.0475. The van der Waals surface area contributed by atoms with Crippen LogP contribution in [0.2, 0.25) is 10.0 Å². The molecular formula is C30H38Cl2FN3O3. The SMILES string of the molecule is CN1C(COCCN2CCOCC2)C(c2cccc(Cl)c2F)C2(C(=O)Nc3cc(Cl)ccc32)C1CC(C)(C)C. The van der Waals surface area contributed by atoms with Crippen LogP contribution in [-0.2, 0) is 19.7 Å². The first kappa shape index (κ1) is 28.8. The van der Waals surface area contributed by atoms with E-state index in [0.29, 0.717) is 29.5 Å². The summed E-state index contributed by atoms with van der Waals surface area (Å²) in [5.74, 6) is -1.15. The summed E-state index contributed by atoms with van der Waals surface area (Å²) >= 11 is 12.7. The molecule has 1 N–H and O–H groups in total. The number of rotatable bonds is 7. The van der Waals surface area contributed by atoms with Crippen LogP contribution in [0.4, 0.5) is 10.1 Å². The average Bonchev–Trinajstić information content (AvgIpc) is 3.29. The third kappa shape index (κ3) is 5.34. The molecule has 39 heavy (non-hydrogen) atoms. The van der Waals surface area contributed by atoms with Crippen molar-refractivity contribution < 1.29 is 18.7 Å². The lowest BCUT2D eigenvalue weighted by Gasteiger charge is -2.39. The quantitative estimate of drug-likeness (QED) is 0.436. The minimum atomic E-state index is -1.05. The number of nitrogens with zero attached hydrogens (tertiary/aromatic N) is 2. The Hall–Kier alpha value is -1.74. The predicted octanol–water partition coefficient (Wildman–Crippen LogP) is 5.57. The van der Waals surface area contributed by atoms with Crippen molar-refractivity contribution in [2.75, 3.05) is 58.4 Å². The van der Waals surface area contributed by atoms with Crippen molar-refractivity contribution in [3.63, 3.8) is 0 Å².